The van der Waals surface area contributed by atoms with Crippen molar-refractivity contribution in [3.63, 3.8) is 0 Å². The average Bonchev–Trinajstić information content (AvgIpc) is 3.22. The second-order valence-corrected chi connectivity index (χ2v) is 6.43. The van der Waals surface area contributed by atoms with Crippen LogP contribution >= 0.6 is 0 Å². The van der Waals surface area contributed by atoms with Crippen LogP contribution in [0.4, 0.5) is 10.5 Å². The number of hydrogen-bond acceptors (Lipinski definition) is 4. The van der Waals surface area contributed by atoms with Crippen LogP contribution in [-0.4, -0.2) is 34.9 Å². The molecule has 1 aromatic heterocycles. The highest BCUT2D eigenvalue weighted by molar-refractivity contribution is 5.92. The summed E-state index contributed by atoms with van der Waals surface area (Å²) in [6.45, 7) is 2.79. The molecule has 0 bridgehead atoms. The van der Waals surface area contributed by atoms with Crippen molar-refractivity contribution in [2.75, 3.05) is 18.5 Å². The molecule has 29 heavy (non-hydrogen) atoms. The van der Waals surface area contributed by atoms with Gasteiger partial charge in [0.05, 0.1) is 23.6 Å². The van der Waals surface area contributed by atoms with Crippen LogP contribution in [0.15, 0.2) is 66.9 Å². The number of benzene rings is 2. The van der Waals surface area contributed by atoms with E-state index in [1.165, 1.54) is 0 Å². The largest absolute Gasteiger partial charge is 0.462 e. The Labute approximate surface area is 169 Å². The van der Waals surface area contributed by atoms with Gasteiger partial charge in [0.15, 0.2) is 0 Å². The van der Waals surface area contributed by atoms with E-state index < -0.39 is 0 Å². The van der Waals surface area contributed by atoms with E-state index in [9.17, 15) is 9.59 Å². The molecule has 0 spiro atoms. The second kappa shape index (κ2) is 10.1. The Hall–Kier alpha value is -3.61. The van der Waals surface area contributed by atoms with Gasteiger partial charge >= 0.3 is 12.0 Å². The summed E-state index contributed by atoms with van der Waals surface area (Å²) in [7, 11) is 0. The van der Waals surface area contributed by atoms with E-state index in [1.807, 2.05) is 54.2 Å². The maximum atomic E-state index is 12.1. The molecule has 0 aliphatic heterocycles. The van der Waals surface area contributed by atoms with Gasteiger partial charge in [-0.25, -0.2) is 14.3 Å². The molecule has 0 fully saturated rings. The molecule has 2 N–H and O–H groups in total. The summed E-state index contributed by atoms with van der Waals surface area (Å²) in [5.74, 6) is -0.363. The number of nitrogens with one attached hydrogen (secondary N) is 2. The van der Waals surface area contributed by atoms with Gasteiger partial charge in [0.25, 0.3) is 0 Å². The number of ether oxygens (including phenoxy) is 1. The lowest BCUT2D eigenvalue weighted by molar-refractivity contribution is 0.0505. The first-order valence-electron chi connectivity index (χ1n) is 9.57. The highest BCUT2D eigenvalue weighted by atomic mass is 16.5. The maximum Gasteiger partial charge on any atom is 0.338 e. The van der Waals surface area contributed by atoms with Gasteiger partial charge in [-0.15, -0.1) is 0 Å². The Morgan fingerprint density at radius 2 is 1.79 bits per heavy atom. The molecule has 2 amide bonds. The molecule has 7 nitrogen and oxygen atoms in total. The van der Waals surface area contributed by atoms with Crippen molar-refractivity contribution in [1.82, 2.24) is 15.1 Å². The fourth-order valence-corrected chi connectivity index (χ4v) is 2.67. The fourth-order valence-electron chi connectivity index (χ4n) is 2.67. The Bertz CT molecular complexity index is 936. The van der Waals surface area contributed by atoms with Crippen molar-refractivity contribution >= 4 is 17.7 Å². The molecule has 3 aromatic rings. The molecule has 0 aliphatic carbocycles. The van der Waals surface area contributed by atoms with Gasteiger partial charge in [-0.2, -0.15) is 5.10 Å². The summed E-state index contributed by atoms with van der Waals surface area (Å²) < 4.78 is 6.89. The quantitative estimate of drug-likeness (QED) is 0.571. The number of esters is 1. The van der Waals surface area contributed by atoms with E-state index in [1.54, 1.807) is 24.3 Å². The van der Waals surface area contributed by atoms with Gasteiger partial charge in [0.2, 0.25) is 0 Å². The summed E-state index contributed by atoms with van der Waals surface area (Å²) in [6.07, 6.45) is 3.30. The van der Waals surface area contributed by atoms with Crippen LogP contribution in [0.3, 0.4) is 0 Å². The van der Waals surface area contributed by atoms with E-state index in [0.717, 1.165) is 17.8 Å². The number of carbonyl (C=O) groups is 2. The molecule has 0 saturated carbocycles. The SMILES string of the molecule is CCCOC(=O)c1ccc(NC(=O)NCCc2ccn(-c3ccccc3)n2)cc1. The van der Waals surface area contributed by atoms with E-state index in [-0.39, 0.29) is 12.0 Å². The van der Waals surface area contributed by atoms with Gasteiger partial charge in [-0.1, -0.05) is 25.1 Å². The molecular formula is C22H24N4O3. The van der Waals surface area contributed by atoms with Crippen LogP contribution in [-0.2, 0) is 11.2 Å². The minimum absolute atomic E-state index is 0.311. The van der Waals surface area contributed by atoms with Gasteiger partial charge in [0.1, 0.15) is 0 Å². The summed E-state index contributed by atoms with van der Waals surface area (Å²) in [5, 5.41) is 10.1. The number of para-hydroxylation sites is 1. The van der Waals surface area contributed by atoms with Crippen molar-refractivity contribution in [1.29, 1.82) is 0 Å². The summed E-state index contributed by atoms with van der Waals surface area (Å²) in [4.78, 5) is 23.8. The average molecular weight is 392 g/mol. The predicted octanol–water partition coefficient (Wildman–Crippen LogP) is 3.80. The molecule has 0 saturated heterocycles. The highest BCUT2D eigenvalue weighted by Crippen LogP contribution is 2.11. The van der Waals surface area contributed by atoms with Gasteiger partial charge < -0.3 is 15.4 Å². The Morgan fingerprint density at radius 1 is 1.03 bits per heavy atom. The zero-order chi connectivity index (χ0) is 20.5. The van der Waals surface area contributed by atoms with Gasteiger partial charge in [-0.3, -0.25) is 0 Å². The standard InChI is InChI=1S/C22H24N4O3/c1-2-16-29-21(27)17-8-10-18(11-9-17)24-22(28)23-14-12-19-13-15-26(25-19)20-6-4-3-5-7-20/h3-11,13,15H,2,12,14,16H2,1H3,(H2,23,24,28). The molecular weight excluding hydrogens is 368 g/mol. The summed E-state index contributed by atoms with van der Waals surface area (Å²) in [6, 6.07) is 18.1. The predicted molar refractivity (Wildman–Crippen MR) is 111 cm³/mol. The minimum atomic E-state index is -0.363. The third-order valence-electron chi connectivity index (χ3n) is 4.15. The number of urea groups is 1. The van der Waals surface area contributed by atoms with Crippen LogP contribution in [0.5, 0.6) is 0 Å². The number of rotatable bonds is 8. The third-order valence-corrected chi connectivity index (χ3v) is 4.15. The van der Waals surface area contributed by atoms with Gasteiger partial charge in [-0.05, 0) is 48.9 Å². The highest BCUT2D eigenvalue weighted by Gasteiger charge is 2.08. The number of amides is 2. The van der Waals surface area contributed by atoms with Crippen molar-refractivity contribution in [3.05, 3.63) is 78.1 Å². The van der Waals surface area contributed by atoms with Crippen LogP contribution in [0.2, 0.25) is 0 Å². The minimum Gasteiger partial charge on any atom is -0.462 e. The lowest BCUT2D eigenvalue weighted by Gasteiger charge is -2.08. The number of aromatic nitrogens is 2. The normalized spacial score (nSPS) is 10.4. The Balaban J connectivity index is 1.43. The van der Waals surface area contributed by atoms with Crippen molar-refractivity contribution in [3.8, 4) is 5.69 Å². The first-order chi connectivity index (χ1) is 14.2. The smallest absolute Gasteiger partial charge is 0.338 e. The Morgan fingerprint density at radius 3 is 2.52 bits per heavy atom. The number of anilines is 1. The van der Waals surface area contributed by atoms with Crippen LogP contribution in [0.25, 0.3) is 5.69 Å². The van der Waals surface area contributed by atoms with E-state index in [4.69, 9.17) is 4.74 Å². The molecule has 2 aromatic carbocycles. The number of nitrogens with zero attached hydrogens (tertiary/aromatic N) is 2. The molecule has 7 heteroatoms. The molecule has 0 atom stereocenters. The molecule has 1 heterocycles. The van der Waals surface area contributed by atoms with Crippen LogP contribution in [0.1, 0.15) is 29.4 Å². The van der Waals surface area contributed by atoms with E-state index in [2.05, 4.69) is 15.7 Å². The molecule has 0 unspecified atom stereocenters. The first kappa shape index (κ1) is 20.1. The topological polar surface area (TPSA) is 85.2 Å². The second-order valence-electron chi connectivity index (χ2n) is 6.43. The van der Waals surface area contributed by atoms with Crippen LogP contribution in [0, 0.1) is 0 Å². The fraction of sp³-hybridized carbons (Fsp3) is 0.227. The molecule has 0 aliphatic rings. The number of hydrogen-bond donors (Lipinski definition) is 2. The van der Waals surface area contributed by atoms with E-state index >= 15 is 0 Å². The first-order valence-corrected chi connectivity index (χ1v) is 9.57. The summed E-state index contributed by atoms with van der Waals surface area (Å²) in [5.41, 5.74) is 2.94. The Kier molecular flexibility index (Phi) is 7.00. The molecule has 0 radical (unpaired) electrons. The van der Waals surface area contributed by atoms with Crippen molar-refractivity contribution in [2.24, 2.45) is 0 Å². The number of carbonyl (C=O) groups excluding carboxylic acids is 2. The van der Waals surface area contributed by atoms with Gasteiger partial charge in [0, 0.05) is 24.8 Å². The zero-order valence-corrected chi connectivity index (χ0v) is 16.3. The lowest BCUT2D eigenvalue weighted by atomic mass is 10.2. The molecule has 150 valence electrons. The van der Waals surface area contributed by atoms with Crippen LogP contribution < -0.4 is 10.6 Å². The molecule has 3 rings (SSSR count). The zero-order valence-electron chi connectivity index (χ0n) is 16.3. The van der Waals surface area contributed by atoms with E-state index in [0.29, 0.717) is 30.8 Å². The monoisotopic (exact) mass is 392 g/mol. The lowest BCUT2D eigenvalue weighted by Crippen LogP contribution is -2.30. The van der Waals surface area contributed by atoms with Crippen molar-refractivity contribution in [2.45, 2.75) is 19.8 Å². The van der Waals surface area contributed by atoms with Crippen molar-refractivity contribution < 1.29 is 14.3 Å². The summed E-state index contributed by atoms with van der Waals surface area (Å²) >= 11 is 0. The third kappa shape index (κ3) is 5.93. The maximum absolute atomic E-state index is 12.1.